The molecule has 1 saturated heterocycles. The third-order valence-electron chi connectivity index (χ3n) is 8.90. The van der Waals surface area contributed by atoms with E-state index in [0.29, 0.717) is 28.8 Å². The first kappa shape index (κ1) is 29.6. The van der Waals surface area contributed by atoms with Gasteiger partial charge in [0.2, 0.25) is 11.8 Å². The number of allylic oxidation sites excluding steroid dienone is 1. The predicted molar refractivity (Wildman–Crippen MR) is 158 cm³/mol. The molecule has 2 fully saturated rings. The molecule has 5 rings (SSSR count). The average Bonchev–Trinajstić information content (AvgIpc) is 3.25. The van der Waals surface area contributed by atoms with Crippen molar-refractivity contribution in [3.63, 3.8) is 0 Å². The number of hydrogen-bond acceptors (Lipinski definition) is 7. The van der Waals surface area contributed by atoms with Crippen molar-refractivity contribution >= 4 is 39.4 Å². The molecule has 41 heavy (non-hydrogen) atoms. The van der Waals surface area contributed by atoms with Crippen LogP contribution in [0, 0.1) is 17.8 Å². The number of likely N-dealkylation sites (tertiary alicyclic amines) is 1. The minimum Gasteiger partial charge on any atom is -0.507 e. The number of hydrogen-bond donors (Lipinski definition) is 4. The Kier molecular flexibility index (Phi) is 9.38. The van der Waals surface area contributed by atoms with Crippen LogP contribution in [0.25, 0.3) is 11.6 Å². The smallest absolute Gasteiger partial charge is 0.234 e. The molecule has 2 aliphatic carbocycles. The fourth-order valence-corrected chi connectivity index (χ4v) is 7.31. The zero-order valence-electron chi connectivity index (χ0n) is 23.0. The second-order valence-corrected chi connectivity index (χ2v) is 12.2. The predicted octanol–water partition coefficient (Wildman–Crippen LogP) is 4.47. The van der Waals surface area contributed by atoms with Crippen LogP contribution >= 0.6 is 15.9 Å². The van der Waals surface area contributed by atoms with Gasteiger partial charge in [-0.2, -0.15) is 0 Å². The summed E-state index contributed by atoms with van der Waals surface area (Å²) in [6, 6.07) is 10.6. The highest BCUT2D eigenvalue weighted by atomic mass is 79.9. The Morgan fingerprint density at radius 1 is 1.10 bits per heavy atom. The number of amides is 2. The first-order valence-corrected chi connectivity index (χ1v) is 15.2. The van der Waals surface area contributed by atoms with E-state index < -0.39 is 30.5 Å². The van der Waals surface area contributed by atoms with Crippen LogP contribution in [0.2, 0.25) is 0 Å². The zero-order chi connectivity index (χ0) is 29.1. The Morgan fingerprint density at radius 3 is 2.56 bits per heavy atom. The van der Waals surface area contributed by atoms with Gasteiger partial charge in [0, 0.05) is 28.2 Å². The molecule has 4 atom stereocenters. The highest BCUT2D eigenvalue weighted by Crippen LogP contribution is 2.47. The number of carbonyl (C=O) groups excluding carboxylic acids is 2. The number of phenolic OH excluding ortho intramolecular Hbond substituents is 1. The van der Waals surface area contributed by atoms with E-state index in [-0.39, 0.29) is 43.1 Å². The summed E-state index contributed by atoms with van der Waals surface area (Å²) in [5.74, 6) is -2.46. The first-order valence-electron chi connectivity index (χ1n) is 14.4. The van der Waals surface area contributed by atoms with Crippen molar-refractivity contribution in [3.8, 4) is 5.75 Å². The van der Waals surface area contributed by atoms with Crippen molar-refractivity contribution in [2.24, 2.45) is 17.8 Å². The maximum Gasteiger partial charge on any atom is 0.234 e. The van der Waals surface area contributed by atoms with E-state index in [0.717, 1.165) is 42.1 Å². The second kappa shape index (κ2) is 13.0. The number of rotatable bonds is 9. The number of halogens is 1. The summed E-state index contributed by atoms with van der Waals surface area (Å²) >= 11 is 3.44. The first-order chi connectivity index (χ1) is 19.8. The Balaban J connectivity index is 1.41. The average molecular weight is 626 g/mol. The molecular formula is C32H37BrN2O6. The standard InChI is InChI=1S/C32H37BrN2O6/c33-22-10-12-27(38)20(15-22)14-19(26-8-4-5-13-34-26)9-11-28(39)29-21(17-36)16-24-30(25(29)18-37)32(41)35(31(24)40)23-6-2-1-3-7-23/h4-5,8,10,12-15,23-25,28,30,36-39H,1-3,6-7,9,11,16-18H2/b19-14-/t24-,25+,28-,30-/m1/s1. The molecule has 1 aromatic carbocycles. The minimum atomic E-state index is -1.05. The molecule has 2 heterocycles. The zero-order valence-corrected chi connectivity index (χ0v) is 24.5. The van der Waals surface area contributed by atoms with Crippen LogP contribution in [0.15, 0.2) is 58.2 Å². The number of benzene rings is 1. The number of aliphatic hydroxyl groups excluding tert-OH is 3. The van der Waals surface area contributed by atoms with Crippen LogP contribution in [0.4, 0.5) is 0 Å². The van der Waals surface area contributed by atoms with Crippen molar-refractivity contribution in [1.29, 1.82) is 0 Å². The van der Waals surface area contributed by atoms with Gasteiger partial charge >= 0.3 is 0 Å². The third kappa shape index (κ3) is 6.04. The summed E-state index contributed by atoms with van der Waals surface area (Å²) in [6.45, 7) is -0.755. The maximum absolute atomic E-state index is 13.7. The van der Waals surface area contributed by atoms with E-state index >= 15 is 0 Å². The number of pyridine rings is 1. The Labute approximate surface area is 248 Å². The molecule has 1 aromatic heterocycles. The Morgan fingerprint density at radius 2 is 1.88 bits per heavy atom. The van der Waals surface area contributed by atoms with E-state index in [4.69, 9.17) is 0 Å². The van der Waals surface area contributed by atoms with Gasteiger partial charge in [0.15, 0.2) is 0 Å². The molecule has 4 N–H and O–H groups in total. The molecule has 2 amide bonds. The van der Waals surface area contributed by atoms with E-state index in [1.807, 2.05) is 24.3 Å². The number of nitrogens with zero attached hydrogens (tertiary/aromatic N) is 2. The molecule has 0 spiro atoms. The van der Waals surface area contributed by atoms with Gasteiger partial charge in [0.25, 0.3) is 0 Å². The lowest BCUT2D eigenvalue weighted by molar-refractivity contribution is -0.143. The number of carbonyl (C=O) groups is 2. The van der Waals surface area contributed by atoms with E-state index in [1.54, 1.807) is 24.4 Å². The van der Waals surface area contributed by atoms with Crippen molar-refractivity contribution in [1.82, 2.24) is 9.88 Å². The molecule has 0 unspecified atom stereocenters. The lowest BCUT2D eigenvalue weighted by Crippen LogP contribution is -2.42. The molecule has 9 heteroatoms. The fourth-order valence-electron chi connectivity index (χ4n) is 6.93. The molecule has 0 bridgehead atoms. The Hall–Kier alpha value is -2.85. The van der Waals surface area contributed by atoms with Crippen LogP contribution in [0.5, 0.6) is 5.75 Å². The van der Waals surface area contributed by atoms with Crippen LogP contribution in [-0.4, -0.2) is 67.5 Å². The van der Waals surface area contributed by atoms with Crippen molar-refractivity contribution < 1.29 is 30.0 Å². The lowest BCUT2D eigenvalue weighted by Gasteiger charge is -2.36. The van der Waals surface area contributed by atoms with Crippen LogP contribution in [0.3, 0.4) is 0 Å². The lowest BCUT2D eigenvalue weighted by atomic mass is 9.68. The van der Waals surface area contributed by atoms with Crippen LogP contribution < -0.4 is 0 Å². The molecular weight excluding hydrogens is 588 g/mol. The summed E-state index contributed by atoms with van der Waals surface area (Å²) in [7, 11) is 0. The molecule has 1 aliphatic heterocycles. The molecule has 218 valence electrons. The number of phenols is 1. The van der Waals surface area contributed by atoms with E-state index in [1.165, 1.54) is 4.90 Å². The van der Waals surface area contributed by atoms with Gasteiger partial charge in [-0.3, -0.25) is 19.5 Å². The summed E-state index contributed by atoms with van der Waals surface area (Å²) in [5.41, 5.74) is 3.06. The highest BCUT2D eigenvalue weighted by molar-refractivity contribution is 9.10. The molecule has 2 aromatic rings. The number of imide groups is 1. The summed E-state index contributed by atoms with van der Waals surface area (Å²) in [4.78, 5) is 33.1. The second-order valence-electron chi connectivity index (χ2n) is 11.3. The van der Waals surface area contributed by atoms with Crippen LogP contribution in [-0.2, 0) is 9.59 Å². The monoisotopic (exact) mass is 624 g/mol. The summed E-state index contributed by atoms with van der Waals surface area (Å²) < 4.78 is 0.806. The normalized spacial score (nSPS) is 24.6. The largest absolute Gasteiger partial charge is 0.507 e. The maximum atomic E-state index is 13.7. The third-order valence-corrected chi connectivity index (χ3v) is 9.40. The number of fused-ring (bicyclic) bond motifs is 1. The van der Waals surface area contributed by atoms with Crippen LogP contribution in [0.1, 0.15) is 62.6 Å². The van der Waals surface area contributed by atoms with Gasteiger partial charge < -0.3 is 20.4 Å². The Bertz CT molecular complexity index is 1340. The van der Waals surface area contributed by atoms with Crippen molar-refractivity contribution in [2.45, 2.75) is 63.5 Å². The van der Waals surface area contributed by atoms with Gasteiger partial charge in [-0.25, -0.2) is 0 Å². The minimum absolute atomic E-state index is 0.109. The topological polar surface area (TPSA) is 131 Å². The van der Waals surface area contributed by atoms with Gasteiger partial charge in [-0.15, -0.1) is 0 Å². The number of aliphatic hydroxyl groups is 3. The molecule has 8 nitrogen and oxygen atoms in total. The van der Waals surface area contributed by atoms with E-state index in [9.17, 15) is 30.0 Å². The van der Waals surface area contributed by atoms with Gasteiger partial charge in [0.05, 0.1) is 36.8 Å². The van der Waals surface area contributed by atoms with E-state index in [2.05, 4.69) is 20.9 Å². The quantitative estimate of drug-likeness (QED) is 0.239. The number of aromatic nitrogens is 1. The van der Waals surface area contributed by atoms with Gasteiger partial charge in [0.1, 0.15) is 5.75 Å². The summed E-state index contributed by atoms with van der Waals surface area (Å²) in [5, 5.41) is 42.8. The number of aromatic hydroxyl groups is 1. The van der Waals surface area contributed by atoms with Crippen molar-refractivity contribution in [2.75, 3.05) is 13.2 Å². The molecule has 1 saturated carbocycles. The molecule has 0 radical (unpaired) electrons. The van der Waals surface area contributed by atoms with Gasteiger partial charge in [-0.1, -0.05) is 41.3 Å². The molecule has 3 aliphatic rings. The highest BCUT2D eigenvalue weighted by Gasteiger charge is 2.56. The SMILES string of the molecule is O=C1[C@@H]2[C@@H](CC(CO)=C([C@H](O)CC/C(=C/c3cc(Br)ccc3O)c3ccccn3)[C@@H]2CO)C(=O)N1C1CCCCC1. The fraction of sp³-hybridized carbons (Fsp3) is 0.469. The van der Waals surface area contributed by atoms with Crippen molar-refractivity contribution in [3.05, 3.63) is 69.5 Å². The summed E-state index contributed by atoms with van der Waals surface area (Å²) in [6.07, 6.45) is 7.92. The van der Waals surface area contributed by atoms with Gasteiger partial charge in [-0.05, 0) is 85.2 Å².